The number of hydrogen-bond donors (Lipinski definition) is 1. The highest BCUT2D eigenvalue weighted by atomic mass is 32.2. The van der Waals surface area contributed by atoms with Gasteiger partial charge < -0.3 is 5.32 Å². The van der Waals surface area contributed by atoms with E-state index >= 15 is 0 Å². The van der Waals surface area contributed by atoms with Crippen molar-refractivity contribution >= 4 is 29.0 Å². The molecule has 0 fully saturated rings. The van der Waals surface area contributed by atoms with Crippen LogP contribution in [0.3, 0.4) is 0 Å². The largest absolute Gasteiger partial charge is 0.354 e. The summed E-state index contributed by atoms with van der Waals surface area (Å²) in [6.07, 6.45) is 1.08. The Balaban J connectivity index is 1.56. The fourth-order valence-electron chi connectivity index (χ4n) is 3.35. The summed E-state index contributed by atoms with van der Waals surface area (Å²) in [5, 5.41) is 10.8. The standard InChI is InChI=1S/C19H26N4OS2/c1-13(2)17(23-9-8-15-6-4-5-7-16(15)11-23)10-20-18(24)14(3)26-19-22-21-12-25-19/h4-7,12-14,17H,8-11H2,1-3H3,(H,20,24)/t14-,17+/m1/s1. The number of amides is 1. The number of hydrogen-bond acceptors (Lipinski definition) is 6. The number of carbonyl (C=O) groups is 1. The normalized spacial score (nSPS) is 16.9. The van der Waals surface area contributed by atoms with Gasteiger partial charge >= 0.3 is 0 Å². The van der Waals surface area contributed by atoms with Crippen LogP contribution in [0.15, 0.2) is 34.1 Å². The number of nitrogens with one attached hydrogen (secondary N) is 1. The van der Waals surface area contributed by atoms with E-state index in [2.05, 4.69) is 58.5 Å². The van der Waals surface area contributed by atoms with E-state index in [-0.39, 0.29) is 11.2 Å². The molecule has 1 amide bonds. The van der Waals surface area contributed by atoms with E-state index in [4.69, 9.17) is 0 Å². The van der Waals surface area contributed by atoms with Gasteiger partial charge in [0.2, 0.25) is 5.91 Å². The Kier molecular flexibility index (Phi) is 6.67. The molecule has 0 aliphatic carbocycles. The first-order valence-electron chi connectivity index (χ1n) is 9.06. The minimum absolute atomic E-state index is 0.0632. The molecule has 1 aliphatic rings. The van der Waals surface area contributed by atoms with Crippen molar-refractivity contribution in [1.82, 2.24) is 20.4 Å². The molecule has 2 heterocycles. The van der Waals surface area contributed by atoms with Gasteiger partial charge in [-0.05, 0) is 30.4 Å². The second-order valence-corrected chi connectivity index (χ2v) is 9.43. The van der Waals surface area contributed by atoms with Crippen molar-refractivity contribution in [2.75, 3.05) is 13.1 Å². The molecular weight excluding hydrogens is 364 g/mol. The summed E-state index contributed by atoms with van der Waals surface area (Å²) in [4.78, 5) is 15.0. The number of fused-ring (bicyclic) bond motifs is 1. The first kappa shape index (κ1) is 19.3. The lowest BCUT2D eigenvalue weighted by atomic mass is 9.95. The molecule has 1 N–H and O–H groups in total. The molecule has 5 nitrogen and oxygen atoms in total. The van der Waals surface area contributed by atoms with Crippen molar-refractivity contribution in [2.45, 2.75) is 49.4 Å². The van der Waals surface area contributed by atoms with Gasteiger partial charge in [0, 0.05) is 25.7 Å². The minimum atomic E-state index is -0.169. The number of rotatable bonds is 7. The maximum absolute atomic E-state index is 12.5. The Morgan fingerprint density at radius 3 is 2.77 bits per heavy atom. The summed E-state index contributed by atoms with van der Waals surface area (Å²) >= 11 is 2.93. The van der Waals surface area contributed by atoms with E-state index in [1.165, 1.54) is 34.2 Å². The third kappa shape index (κ3) is 4.84. The van der Waals surface area contributed by atoms with Crippen molar-refractivity contribution in [3.63, 3.8) is 0 Å². The monoisotopic (exact) mass is 390 g/mol. The Hall–Kier alpha value is -1.44. The molecule has 1 aromatic carbocycles. The van der Waals surface area contributed by atoms with Crippen LogP contribution in [0.5, 0.6) is 0 Å². The Labute approximate surface area is 163 Å². The lowest BCUT2D eigenvalue weighted by molar-refractivity contribution is -0.120. The second kappa shape index (κ2) is 8.97. The van der Waals surface area contributed by atoms with Gasteiger partial charge in [-0.25, -0.2) is 0 Å². The molecule has 1 aliphatic heterocycles. The van der Waals surface area contributed by atoms with E-state index in [9.17, 15) is 4.79 Å². The van der Waals surface area contributed by atoms with E-state index in [0.29, 0.717) is 18.5 Å². The summed E-state index contributed by atoms with van der Waals surface area (Å²) in [5.41, 5.74) is 4.56. The third-order valence-corrected chi connectivity index (χ3v) is 6.78. The van der Waals surface area contributed by atoms with Crippen molar-refractivity contribution in [1.29, 1.82) is 0 Å². The van der Waals surface area contributed by atoms with Crippen LogP contribution in [0.25, 0.3) is 0 Å². The highest BCUT2D eigenvalue weighted by Gasteiger charge is 2.27. The van der Waals surface area contributed by atoms with Crippen LogP contribution in [-0.2, 0) is 17.8 Å². The van der Waals surface area contributed by atoms with Crippen LogP contribution in [0, 0.1) is 5.92 Å². The molecule has 2 atom stereocenters. The highest BCUT2D eigenvalue weighted by molar-refractivity contribution is 8.02. The fourth-order valence-corrected chi connectivity index (χ4v) is 5.01. The summed E-state index contributed by atoms with van der Waals surface area (Å²) < 4.78 is 0.834. The first-order chi connectivity index (χ1) is 12.5. The van der Waals surface area contributed by atoms with Gasteiger partial charge in [0.25, 0.3) is 0 Å². The SMILES string of the molecule is CC(C)[C@H](CNC(=O)[C@@H](C)Sc1nncs1)N1CCc2ccccc2C1. The molecule has 0 saturated carbocycles. The van der Waals surface area contributed by atoms with E-state index < -0.39 is 0 Å². The number of thioether (sulfide) groups is 1. The van der Waals surface area contributed by atoms with E-state index in [1.807, 2.05) is 6.92 Å². The van der Waals surface area contributed by atoms with Crippen molar-refractivity contribution in [3.8, 4) is 0 Å². The summed E-state index contributed by atoms with van der Waals surface area (Å²) in [5.74, 6) is 0.542. The Morgan fingerprint density at radius 1 is 1.31 bits per heavy atom. The number of nitrogens with zero attached hydrogens (tertiary/aromatic N) is 3. The highest BCUT2D eigenvalue weighted by Crippen LogP contribution is 2.25. The lowest BCUT2D eigenvalue weighted by Gasteiger charge is -2.38. The van der Waals surface area contributed by atoms with E-state index in [1.54, 1.807) is 5.51 Å². The first-order valence-corrected chi connectivity index (χ1v) is 10.8. The average Bonchev–Trinajstić information content (AvgIpc) is 3.14. The number of benzene rings is 1. The van der Waals surface area contributed by atoms with Crippen molar-refractivity contribution in [3.05, 3.63) is 40.9 Å². The molecule has 1 aromatic heterocycles. The van der Waals surface area contributed by atoms with Gasteiger partial charge in [-0.15, -0.1) is 10.2 Å². The van der Waals surface area contributed by atoms with Crippen LogP contribution in [0.2, 0.25) is 0 Å². The topological polar surface area (TPSA) is 58.1 Å². The maximum atomic E-state index is 12.5. The maximum Gasteiger partial charge on any atom is 0.233 e. The van der Waals surface area contributed by atoms with Gasteiger partial charge in [0.15, 0.2) is 4.34 Å². The molecule has 0 spiro atoms. The Morgan fingerprint density at radius 2 is 2.08 bits per heavy atom. The average molecular weight is 391 g/mol. The predicted octanol–water partition coefficient (Wildman–Crippen LogP) is 3.22. The van der Waals surface area contributed by atoms with Crippen LogP contribution >= 0.6 is 23.1 Å². The molecule has 0 bridgehead atoms. The zero-order valence-electron chi connectivity index (χ0n) is 15.5. The zero-order chi connectivity index (χ0) is 18.5. The van der Waals surface area contributed by atoms with Gasteiger partial charge in [-0.3, -0.25) is 9.69 Å². The predicted molar refractivity (Wildman–Crippen MR) is 107 cm³/mol. The third-order valence-electron chi connectivity index (χ3n) is 4.87. The quantitative estimate of drug-likeness (QED) is 0.736. The zero-order valence-corrected chi connectivity index (χ0v) is 17.1. The molecule has 7 heteroatoms. The fraction of sp³-hybridized carbons (Fsp3) is 0.526. The van der Waals surface area contributed by atoms with Gasteiger partial charge in [-0.2, -0.15) is 0 Å². The summed E-state index contributed by atoms with van der Waals surface area (Å²) in [6, 6.07) is 9.02. The smallest absolute Gasteiger partial charge is 0.233 e. The van der Waals surface area contributed by atoms with Crippen molar-refractivity contribution < 1.29 is 4.79 Å². The molecule has 26 heavy (non-hydrogen) atoms. The summed E-state index contributed by atoms with van der Waals surface area (Å²) in [7, 11) is 0. The van der Waals surface area contributed by atoms with Crippen LogP contribution < -0.4 is 5.32 Å². The molecule has 0 radical (unpaired) electrons. The minimum Gasteiger partial charge on any atom is -0.354 e. The molecule has 2 aromatic rings. The molecule has 0 saturated heterocycles. The molecular formula is C19H26N4OS2. The van der Waals surface area contributed by atoms with Gasteiger partial charge in [-0.1, -0.05) is 61.2 Å². The van der Waals surface area contributed by atoms with E-state index in [0.717, 1.165) is 23.8 Å². The Bertz CT molecular complexity index is 720. The molecule has 0 unspecified atom stereocenters. The lowest BCUT2D eigenvalue weighted by Crippen LogP contribution is -2.49. The molecule has 3 rings (SSSR count). The van der Waals surface area contributed by atoms with Gasteiger partial charge in [0.1, 0.15) is 5.51 Å². The number of carbonyl (C=O) groups excluding carboxylic acids is 1. The van der Waals surface area contributed by atoms with Crippen LogP contribution in [0.1, 0.15) is 31.9 Å². The molecule has 140 valence electrons. The number of aromatic nitrogens is 2. The summed E-state index contributed by atoms with van der Waals surface area (Å²) in [6.45, 7) is 9.07. The second-order valence-electron chi connectivity index (χ2n) is 7.01. The van der Waals surface area contributed by atoms with Gasteiger partial charge in [0.05, 0.1) is 5.25 Å². The van der Waals surface area contributed by atoms with Crippen LogP contribution in [-0.4, -0.2) is 45.4 Å². The van der Waals surface area contributed by atoms with Crippen molar-refractivity contribution in [2.24, 2.45) is 5.92 Å². The van der Waals surface area contributed by atoms with Crippen LogP contribution in [0.4, 0.5) is 0 Å².